The van der Waals surface area contributed by atoms with Gasteiger partial charge in [0.15, 0.2) is 23.0 Å². The van der Waals surface area contributed by atoms with Crippen molar-refractivity contribution in [3.8, 4) is 23.0 Å². The number of aromatic carboxylic acids is 1. The first-order valence-electron chi connectivity index (χ1n) is 7.06. The van der Waals surface area contributed by atoms with E-state index in [9.17, 15) is 4.79 Å². The number of halogens is 1. The molecule has 0 spiro atoms. The van der Waals surface area contributed by atoms with E-state index in [1.54, 1.807) is 19.2 Å². The number of carbonyl (C=O) groups is 1. The molecule has 0 unspecified atom stereocenters. The van der Waals surface area contributed by atoms with Crippen LogP contribution in [-0.2, 0) is 0 Å². The van der Waals surface area contributed by atoms with E-state index in [2.05, 4.69) is 0 Å². The minimum absolute atomic E-state index is 0.0227. The van der Waals surface area contributed by atoms with E-state index in [4.69, 9.17) is 35.7 Å². The van der Waals surface area contributed by atoms with Crippen molar-refractivity contribution < 1.29 is 28.8 Å². The van der Waals surface area contributed by atoms with Gasteiger partial charge in [-0.1, -0.05) is 23.7 Å². The quantitative estimate of drug-likeness (QED) is 0.733. The van der Waals surface area contributed by atoms with Gasteiger partial charge in [0.25, 0.3) is 0 Å². The van der Waals surface area contributed by atoms with Gasteiger partial charge in [-0.3, -0.25) is 0 Å². The van der Waals surface area contributed by atoms with Gasteiger partial charge in [-0.15, -0.1) is 0 Å². The lowest BCUT2D eigenvalue weighted by Gasteiger charge is -2.14. The average Bonchev–Trinajstić information content (AvgIpc) is 2.59. The van der Waals surface area contributed by atoms with Gasteiger partial charge in [-0.25, -0.2) is 4.79 Å². The lowest BCUT2D eigenvalue weighted by atomic mass is 10.2. The van der Waals surface area contributed by atoms with Crippen molar-refractivity contribution in [2.45, 2.75) is 0 Å². The molecule has 0 saturated carbocycles. The summed E-state index contributed by atoms with van der Waals surface area (Å²) in [6, 6.07) is 9.92. The summed E-state index contributed by atoms with van der Waals surface area (Å²) in [5, 5.41) is 9.18. The molecule has 0 saturated heterocycles. The average molecular weight is 353 g/mol. The van der Waals surface area contributed by atoms with E-state index >= 15 is 0 Å². The Labute approximate surface area is 144 Å². The van der Waals surface area contributed by atoms with Crippen LogP contribution in [0.4, 0.5) is 0 Å². The minimum atomic E-state index is -1.10. The normalized spacial score (nSPS) is 10.1. The smallest absolute Gasteiger partial charge is 0.335 e. The Hall–Kier alpha value is -2.60. The van der Waals surface area contributed by atoms with Crippen LogP contribution in [-0.4, -0.2) is 38.5 Å². The Morgan fingerprint density at radius 3 is 2.25 bits per heavy atom. The van der Waals surface area contributed by atoms with Gasteiger partial charge < -0.3 is 24.1 Å². The molecule has 2 rings (SSSR count). The number of carboxylic acids is 1. The van der Waals surface area contributed by atoms with E-state index < -0.39 is 5.97 Å². The Morgan fingerprint density at radius 1 is 1.00 bits per heavy atom. The molecule has 0 aromatic heterocycles. The molecule has 0 aliphatic rings. The van der Waals surface area contributed by atoms with E-state index in [0.717, 1.165) is 0 Å². The van der Waals surface area contributed by atoms with Crippen LogP contribution in [0.1, 0.15) is 10.4 Å². The Bertz CT molecular complexity index is 716. The summed E-state index contributed by atoms with van der Waals surface area (Å²) in [5.74, 6) is 0.646. The zero-order valence-corrected chi connectivity index (χ0v) is 14.0. The lowest BCUT2D eigenvalue weighted by molar-refractivity contribution is 0.0696. The van der Waals surface area contributed by atoms with Crippen LogP contribution in [0.25, 0.3) is 0 Å². The highest BCUT2D eigenvalue weighted by atomic mass is 35.5. The number of methoxy groups -OCH3 is 2. The van der Waals surface area contributed by atoms with Gasteiger partial charge in [0.05, 0.1) is 24.8 Å². The van der Waals surface area contributed by atoms with E-state index in [1.807, 2.05) is 12.1 Å². The van der Waals surface area contributed by atoms with Gasteiger partial charge in [-0.2, -0.15) is 0 Å². The van der Waals surface area contributed by atoms with Gasteiger partial charge in [-0.05, 0) is 24.3 Å². The van der Waals surface area contributed by atoms with Crippen LogP contribution in [0, 0.1) is 0 Å². The molecule has 1 N–H and O–H groups in total. The lowest BCUT2D eigenvalue weighted by Crippen LogP contribution is -2.10. The van der Waals surface area contributed by atoms with Crippen molar-refractivity contribution in [2.24, 2.45) is 0 Å². The largest absolute Gasteiger partial charge is 0.493 e. The molecule has 6 nitrogen and oxygen atoms in total. The van der Waals surface area contributed by atoms with Crippen molar-refractivity contribution in [1.29, 1.82) is 0 Å². The fourth-order valence-electron chi connectivity index (χ4n) is 2.02. The fraction of sp³-hybridized carbons (Fsp3) is 0.235. The first kappa shape index (κ1) is 17.7. The number of hydrogen-bond acceptors (Lipinski definition) is 5. The van der Waals surface area contributed by atoms with Crippen molar-refractivity contribution in [2.75, 3.05) is 27.4 Å². The molecule has 0 aliphatic heterocycles. The first-order valence-corrected chi connectivity index (χ1v) is 7.44. The molecule has 0 amide bonds. The zero-order chi connectivity index (χ0) is 17.5. The van der Waals surface area contributed by atoms with Crippen molar-refractivity contribution >= 4 is 17.6 Å². The number of hydrogen-bond donors (Lipinski definition) is 1. The summed E-state index contributed by atoms with van der Waals surface area (Å²) < 4.78 is 21.5. The predicted molar refractivity (Wildman–Crippen MR) is 88.9 cm³/mol. The van der Waals surface area contributed by atoms with Crippen molar-refractivity contribution in [3.63, 3.8) is 0 Å². The highest BCUT2D eigenvalue weighted by molar-refractivity contribution is 6.32. The van der Waals surface area contributed by atoms with Crippen LogP contribution in [0.5, 0.6) is 23.0 Å². The molecule has 0 heterocycles. The topological polar surface area (TPSA) is 74.2 Å². The van der Waals surface area contributed by atoms with Gasteiger partial charge >= 0.3 is 5.97 Å². The maximum Gasteiger partial charge on any atom is 0.335 e. The number of para-hydroxylation sites is 2. The van der Waals surface area contributed by atoms with Gasteiger partial charge in [0, 0.05) is 0 Å². The third kappa shape index (κ3) is 4.23. The second kappa shape index (κ2) is 8.31. The maximum atomic E-state index is 11.0. The standard InChI is InChI=1S/C17H17ClO6/c1-21-13-5-3-4-6-14(13)23-7-8-24-16-12(18)9-11(17(19)20)10-15(16)22-2/h3-6,9-10H,7-8H2,1-2H3,(H,19,20). The van der Waals surface area contributed by atoms with E-state index in [0.29, 0.717) is 11.5 Å². The first-order chi connectivity index (χ1) is 11.6. The fourth-order valence-corrected chi connectivity index (χ4v) is 2.28. The Morgan fingerprint density at radius 2 is 1.62 bits per heavy atom. The third-order valence-corrected chi connectivity index (χ3v) is 3.41. The van der Waals surface area contributed by atoms with Crippen LogP contribution in [0.15, 0.2) is 36.4 Å². The summed E-state index contributed by atoms with van der Waals surface area (Å²) in [6.45, 7) is 0.446. The number of ether oxygens (including phenoxy) is 4. The molecule has 7 heteroatoms. The molecule has 24 heavy (non-hydrogen) atoms. The molecule has 0 radical (unpaired) electrons. The summed E-state index contributed by atoms with van der Waals surface area (Å²) in [4.78, 5) is 11.0. The SMILES string of the molecule is COc1ccccc1OCCOc1c(Cl)cc(C(=O)O)cc1OC. The van der Waals surface area contributed by atoms with Gasteiger partial charge in [0.1, 0.15) is 13.2 Å². The van der Waals surface area contributed by atoms with Crippen LogP contribution >= 0.6 is 11.6 Å². The van der Waals surface area contributed by atoms with Crippen LogP contribution in [0.2, 0.25) is 5.02 Å². The number of benzene rings is 2. The monoisotopic (exact) mass is 352 g/mol. The molecule has 0 fully saturated rings. The third-order valence-electron chi connectivity index (χ3n) is 3.13. The Balaban J connectivity index is 2.00. The minimum Gasteiger partial charge on any atom is -0.493 e. The van der Waals surface area contributed by atoms with Crippen molar-refractivity contribution in [1.82, 2.24) is 0 Å². The number of rotatable bonds is 8. The van der Waals surface area contributed by atoms with E-state index in [-0.39, 0.29) is 35.3 Å². The summed E-state index contributed by atoms with van der Waals surface area (Å²) in [7, 11) is 2.98. The van der Waals surface area contributed by atoms with Gasteiger partial charge in [0.2, 0.25) is 0 Å². The number of carboxylic acid groups (broad SMARTS) is 1. The highest BCUT2D eigenvalue weighted by Gasteiger charge is 2.15. The van der Waals surface area contributed by atoms with Crippen LogP contribution < -0.4 is 18.9 Å². The maximum absolute atomic E-state index is 11.0. The van der Waals surface area contributed by atoms with Crippen molar-refractivity contribution in [3.05, 3.63) is 47.0 Å². The summed E-state index contributed by atoms with van der Waals surface area (Å²) in [5.41, 5.74) is 0.0227. The molecule has 0 bridgehead atoms. The predicted octanol–water partition coefficient (Wildman–Crippen LogP) is 3.51. The molecule has 0 aliphatic carbocycles. The molecule has 2 aromatic carbocycles. The summed E-state index contributed by atoms with van der Waals surface area (Å²) >= 11 is 6.07. The molecule has 2 aromatic rings. The van der Waals surface area contributed by atoms with E-state index in [1.165, 1.54) is 19.2 Å². The second-order valence-electron chi connectivity index (χ2n) is 4.64. The molecule has 0 atom stereocenters. The van der Waals surface area contributed by atoms with Crippen LogP contribution in [0.3, 0.4) is 0 Å². The molecular weight excluding hydrogens is 336 g/mol. The highest BCUT2D eigenvalue weighted by Crippen LogP contribution is 2.36. The molecule has 128 valence electrons. The Kier molecular flexibility index (Phi) is 6.14. The molecular formula is C17H17ClO6. The summed E-state index contributed by atoms with van der Waals surface area (Å²) in [6.07, 6.45) is 0. The zero-order valence-electron chi connectivity index (χ0n) is 13.2. The second-order valence-corrected chi connectivity index (χ2v) is 5.05.